The highest BCUT2D eigenvalue weighted by Crippen LogP contribution is 2.54. The first-order valence-corrected chi connectivity index (χ1v) is 12.1. The number of aliphatic hydroxyl groups is 1. The van der Waals surface area contributed by atoms with E-state index >= 15 is 0 Å². The SMILES string of the molecule is CC(C)(O)C(C)(C)OBc1cccc2c1Oc1ccccc1C2(c1ccccc1)c1ccccc1. The molecule has 0 amide bonds. The number of hydrogen-bond donors (Lipinski definition) is 1. The average molecular weight is 462 g/mol. The van der Waals surface area contributed by atoms with Crippen LogP contribution in [0.4, 0.5) is 0 Å². The Morgan fingerprint density at radius 1 is 0.686 bits per heavy atom. The maximum Gasteiger partial charge on any atom is 0.313 e. The average Bonchev–Trinajstić information content (AvgIpc) is 2.86. The number of ether oxygens (including phenoxy) is 1. The summed E-state index contributed by atoms with van der Waals surface area (Å²) in [6, 6.07) is 35.8. The number of hydrogen-bond acceptors (Lipinski definition) is 3. The summed E-state index contributed by atoms with van der Waals surface area (Å²) in [5, 5.41) is 10.6. The van der Waals surface area contributed by atoms with Crippen molar-refractivity contribution < 1.29 is 14.5 Å². The fraction of sp³-hybridized carbons (Fsp3) is 0.226. The number of para-hydroxylation sites is 2. The van der Waals surface area contributed by atoms with E-state index < -0.39 is 16.6 Å². The van der Waals surface area contributed by atoms with Crippen LogP contribution >= 0.6 is 0 Å². The topological polar surface area (TPSA) is 38.7 Å². The predicted molar refractivity (Wildman–Crippen MR) is 143 cm³/mol. The summed E-state index contributed by atoms with van der Waals surface area (Å²) in [4.78, 5) is 0. The normalized spacial score (nSPS) is 14.4. The highest BCUT2D eigenvalue weighted by molar-refractivity contribution is 6.48. The molecule has 0 unspecified atom stereocenters. The molecule has 4 aromatic carbocycles. The van der Waals surface area contributed by atoms with Crippen LogP contribution in [-0.2, 0) is 10.1 Å². The van der Waals surface area contributed by atoms with Crippen molar-refractivity contribution in [2.45, 2.75) is 44.3 Å². The van der Waals surface area contributed by atoms with Crippen molar-refractivity contribution in [2.75, 3.05) is 0 Å². The lowest BCUT2D eigenvalue weighted by Gasteiger charge is -2.42. The summed E-state index contributed by atoms with van der Waals surface area (Å²) in [5.74, 6) is 1.65. The van der Waals surface area contributed by atoms with Gasteiger partial charge in [-0.2, -0.15) is 0 Å². The molecule has 5 rings (SSSR count). The maximum atomic E-state index is 10.6. The second-order valence-electron chi connectivity index (χ2n) is 10.2. The standard InChI is InChI=1S/C31H31BO3/c1-29(2,33)30(3,4)35-32-26-20-13-19-25-28(26)34-27-21-12-11-18-24(27)31(25,22-14-7-5-8-15-22)23-16-9-6-10-17-23/h5-21,32-33H,1-4H3. The molecule has 176 valence electrons. The van der Waals surface area contributed by atoms with Gasteiger partial charge >= 0.3 is 7.48 Å². The van der Waals surface area contributed by atoms with Crippen LogP contribution < -0.4 is 10.2 Å². The van der Waals surface area contributed by atoms with Gasteiger partial charge in [0.05, 0.1) is 16.6 Å². The molecule has 0 radical (unpaired) electrons. The summed E-state index contributed by atoms with van der Waals surface area (Å²) in [5.41, 5.74) is 3.22. The molecule has 1 aliphatic heterocycles. The van der Waals surface area contributed by atoms with Crippen molar-refractivity contribution in [2.24, 2.45) is 0 Å². The molecule has 0 saturated carbocycles. The molecule has 0 fully saturated rings. The van der Waals surface area contributed by atoms with Crippen LogP contribution in [0.15, 0.2) is 103 Å². The Hall–Kier alpha value is -3.34. The second kappa shape index (κ2) is 8.71. The van der Waals surface area contributed by atoms with E-state index in [2.05, 4.69) is 84.9 Å². The fourth-order valence-corrected chi connectivity index (χ4v) is 4.83. The van der Waals surface area contributed by atoms with Gasteiger partial charge in [0, 0.05) is 11.1 Å². The molecule has 1 heterocycles. The minimum absolute atomic E-state index is 0.321. The van der Waals surface area contributed by atoms with Crippen molar-refractivity contribution >= 4 is 12.9 Å². The highest BCUT2D eigenvalue weighted by Gasteiger charge is 2.46. The van der Waals surface area contributed by atoms with Gasteiger partial charge in [-0.3, -0.25) is 0 Å². The molecular formula is C31H31BO3. The van der Waals surface area contributed by atoms with Crippen LogP contribution in [0.25, 0.3) is 0 Å². The van der Waals surface area contributed by atoms with E-state index in [9.17, 15) is 5.11 Å². The Labute approximate surface area is 208 Å². The van der Waals surface area contributed by atoms with Crippen LogP contribution in [0.1, 0.15) is 49.9 Å². The lowest BCUT2D eigenvalue weighted by atomic mass is 9.62. The van der Waals surface area contributed by atoms with E-state index in [-0.39, 0.29) is 0 Å². The molecule has 0 atom stereocenters. The molecule has 4 heteroatoms. The Bertz CT molecular complexity index is 1280. The molecule has 3 nitrogen and oxygen atoms in total. The predicted octanol–water partition coefficient (Wildman–Crippen LogP) is 5.72. The van der Waals surface area contributed by atoms with Crippen LogP contribution in [0.2, 0.25) is 0 Å². The van der Waals surface area contributed by atoms with E-state index in [1.165, 1.54) is 11.1 Å². The third kappa shape index (κ3) is 3.87. The zero-order valence-corrected chi connectivity index (χ0v) is 20.8. The van der Waals surface area contributed by atoms with Crippen molar-refractivity contribution in [3.63, 3.8) is 0 Å². The molecule has 1 N–H and O–H groups in total. The smallest absolute Gasteiger partial charge is 0.313 e. The first-order chi connectivity index (χ1) is 16.7. The van der Waals surface area contributed by atoms with Gasteiger partial charge in [-0.05, 0) is 50.4 Å². The maximum absolute atomic E-state index is 10.6. The van der Waals surface area contributed by atoms with Gasteiger partial charge in [0.25, 0.3) is 0 Å². The van der Waals surface area contributed by atoms with Gasteiger partial charge in [-0.25, -0.2) is 0 Å². The van der Waals surface area contributed by atoms with Crippen LogP contribution in [0, 0.1) is 0 Å². The Morgan fingerprint density at radius 2 is 1.23 bits per heavy atom. The summed E-state index contributed by atoms with van der Waals surface area (Å²) >= 11 is 0. The second-order valence-corrected chi connectivity index (χ2v) is 10.2. The third-order valence-corrected chi connectivity index (χ3v) is 7.48. The van der Waals surface area contributed by atoms with Crippen LogP contribution in [0.3, 0.4) is 0 Å². The number of fused-ring (bicyclic) bond motifs is 2. The van der Waals surface area contributed by atoms with Crippen LogP contribution in [0.5, 0.6) is 11.5 Å². The van der Waals surface area contributed by atoms with Gasteiger partial charge in [-0.15, -0.1) is 0 Å². The van der Waals surface area contributed by atoms with E-state index in [1.807, 2.05) is 32.0 Å². The lowest BCUT2D eigenvalue weighted by molar-refractivity contribution is -0.0893. The summed E-state index contributed by atoms with van der Waals surface area (Å²) in [7, 11) is 0.321. The zero-order valence-electron chi connectivity index (χ0n) is 20.8. The van der Waals surface area contributed by atoms with E-state index in [0.717, 1.165) is 28.1 Å². The fourth-order valence-electron chi connectivity index (χ4n) is 4.83. The number of rotatable bonds is 6. The minimum Gasteiger partial charge on any atom is -0.457 e. The molecule has 0 bridgehead atoms. The molecule has 0 saturated heterocycles. The monoisotopic (exact) mass is 462 g/mol. The van der Waals surface area contributed by atoms with Crippen LogP contribution in [-0.4, -0.2) is 23.8 Å². The van der Waals surface area contributed by atoms with Crippen molar-refractivity contribution in [1.82, 2.24) is 0 Å². The Morgan fingerprint density at radius 3 is 1.83 bits per heavy atom. The van der Waals surface area contributed by atoms with Crippen molar-refractivity contribution in [3.8, 4) is 11.5 Å². The molecule has 0 spiro atoms. The summed E-state index contributed by atoms with van der Waals surface area (Å²) < 4.78 is 12.9. The first-order valence-electron chi connectivity index (χ1n) is 12.1. The molecule has 35 heavy (non-hydrogen) atoms. The van der Waals surface area contributed by atoms with Gasteiger partial charge in [-0.1, -0.05) is 97.1 Å². The van der Waals surface area contributed by atoms with Gasteiger partial charge in [0.15, 0.2) is 0 Å². The summed E-state index contributed by atoms with van der Waals surface area (Å²) in [6.45, 7) is 7.37. The quantitative estimate of drug-likeness (QED) is 0.328. The molecule has 4 aromatic rings. The van der Waals surface area contributed by atoms with Gasteiger partial charge in [0.2, 0.25) is 0 Å². The largest absolute Gasteiger partial charge is 0.457 e. The van der Waals surface area contributed by atoms with E-state index in [0.29, 0.717) is 7.48 Å². The number of benzene rings is 4. The molecule has 0 aromatic heterocycles. The zero-order chi connectivity index (χ0) is 24.7. The summed E-state index contributed by atoms with van der Waals surface area (Å²) in [6.07, 6.45) is 0. The first kappa shape index (κ1) is 23.4. The lowest BCUT2D eigenvalue weighted by Crippen LogP contribution is -2.49. The van der Waals surface area contributed by atoms with E-state index in [1.54, 1.807) is 13.8 Å². The Kier molecular flexibility index (Phi) is 5.82. The van der Waals surface area contributed by atoms with Gasteiger partial charge in [0.1, 0.15) is 11.5 Å². The molecule has 0 aliphatic carbocycles. The van der Waals surface area contributed by atoms with Crippen molar-refractivity contribution in [3.05, 3.63) is 125 Å². The minimum atomic E-state index is -0.993. The molecular weight excluding hydrogens is 431 g/mol. The highest BCUT2D eigenvalue weighted by atomic mass is 16.5. The Balaban J connectivity index is 1.76. The molecule has 1 aliphatic rings. The van der Waals surface area contributed by atoms with Crippen molar-refractivity contribution in [1.29, 1.82) is 0 Å². The third-order valence-electron chi connectivity index (χ3n) is 7.48. The van der Waals surface area contributed by atoms with E-state index in [4.69, 9.17) is 9.39 Å². The van der Waals surface area contributed by atoms with Gasteiger partial charge < -0.3 is 14.5 Å².